The molecule has 2 aliphatic heterocycles. The molecule has 0 spiro atoms. The van der Waals surface area contributed by atoms with Crippen LogP contribution in [0.25, 0.3) is 0 Å². The molecule has 2 aliphatic rings. The number of benzene rings is 1. The van der Waals surface area contributed by atoms with E-state index in [0.29, 0.717) is 35.7 Å². The van der Waals surface area contributed by atoms with Gasteiger partial charge in [0.05, 0.1) is 11.2 Å². The Kier molecular flexibility index (Phi) is 6.64. The second kappa shape index (κ2) is 8.54. The molecule has 2 amide bonds. The van der Waals surface area contributed by atoms with E-state index in [-0.39, 0.29) is 18.0 Å². The molecule has 0 unspecified atom stereocenters. The van der Waals surface area contributed by atoms with E-state index in [9.17, 15) is 9.59 Å². The highest BCUT2D eigenvalue weighted by atomic mass is 35.5. The molecule has 1 aromatic rings. The average Bonchev–Trinajstić information content (AvgIpc) is 2.86. The Morgan fingerprint density at radius 1 is 1.12 bits per heavy atom. The van der Waals surface area contributed by atoms with E-state index < -0.39 is 23.9 Å². The highest BCUT2D eigenvalue weighted by Crippen LogP contribution is 2.37. The number of piperazine rings is 1. The first-order chi connectivity index (χ1) is 14.6. The zero-order chi connectivity index (χ0) is 24.1. The Hall–Kier alpha value is -1.77. The van der Waals surface area contributed by atoms with Crippen LogP contribution in [0.15, 0.2) is 18.2 Å². The predicted octanol–water partition coefficient (Wildman–Crippen LogP) is 3.72. The molecule has 1 atom stereocenters. The second-order valence-corrected chi connectivity index (χ2v) is 11.0. The number of hydrogen-bond acceptors (Lipinski definition) is 5. The van der Waals surface area contributed by atoms with E-state index in [1.165, 1.54) is 0 Å². The van der Waals surface area contributed by atoms with Gasteiger partial charge in [-0.05, 0) is 67.5 Å². The molecule has 3 rings (SSSR count). The third kappa shape index (κ3) is 5.08. The third-order valence-electron chi connectivity index (χ3n) is 6.29. The molecule has 0 aromatic heterocycles. The minimum absolute atomic E-state index is 0.122. The fourth-order valence-corrected chi connectivity index (χ4v) is 4.01. The molecule has 2 saturated heterocycles. The van der Waals surface area contributed by atoms with Crippen LogP contribution in [0.3, 0.4) is 0 Å². The monoisotopic (exact) mass is 464 g/mol. The topological polar surface area (TPSA) is 68.3 Å². The van der Waals surface area contributed by atoms with E-state index in [1.807, 2.05) is 55.4 Å². The molecule has 2 fully saturated rings. The van der Waals surface area contributed by atoms with Crippen molar-refractivity contribution in [2.75, 3.05) is 19.6 Å². The number of halogens is 1. The lowest BCUT2D eigenvalue weighted by Crippen LogP contribution is -2.56. The van der Waals surface area contributed by atoms with E-state index in [2.05, 4.69) is 0 Å². The summed E-state index contributed by atoms with van der Waals surface area (Å²) in [6.45, 7) is 16.6. The summed E-state index contributed by atoms with van der Waals surface area (Å²) >= 11 is 6.54. The van der Waals surface area contributed by atoms with Crippen molar-refractivity contribution in [3.63, 3.8) is 0 Å². The van der Waals surface area contributed by atoms with Crippen LogP contribution in [-0.2, 0) is 14.0 Å². The highest BCUT2D eigenvalue weighted by molar-refractivity contribution is 6.65. The molecule has 0 saturated carbocycles. The van der Waals surface area contributed by atoms with Crippen molar-refractivity contribution in [3.8, 4) is 0 Å². The van der Waals surface area contributed by atoms with Gasteiger partial charge in [0.25, 0.3) is 5.91 Å². The zero-order valence-electron chi connectivity index (χ0n) is 20.3. The van der Waals surface area contributed by atoms with Gasteiger partial charge in [0.1, 0.15) is 5.60 Å². The van der Waals surface area contributed by atoms with Gasteiger partial charge in [0, 0.05) is 41.7 Å². The number of nitrogens with zero attached hydrogens (tertiary/aromatic N) is 2. The number of rotatable bonds is 2. The minimum Gasteiger partial charge on any atom is -0.444 e. The predicted molar refractivity (Wildman–Crippen MR) is 125 cm³/mol. The summed E-state index contributed by atoms with van der Waals surface area (Å²) < 4.78 is 17.6. The molecule has 0 aliphatic carbocycles. The van der Waals surface area contributed by atoms with Crippen LogP contribution in [-0.4, -0.2) is 71.4 Å². The van der Waals surface area contributed by atoms with Gasteiger partial charge >= 0.3 is 13.2 Å². The Balaban J connectivity index is 1.69. The Morgan fingerprint density at radius 3 is 2.22 bits per heavy atom. The van der Waals surface area contributed by atoms with Crippen LogP contribution in [0.4, 0.5) is 4.79 Å². The number of ether oxygens (including phenoxy) is 1. The molecule has 176 valence electrons. The summed E-state index contributed by atoms with van der Waals surface area (Å²) in [5.74, 6) is -0.122. The van der Waals surface area contributed by atoms with E-state index >= 15 is 0 Å². The maximum atomic E-state index is 13.2. The molecular formula is C23H34BClN2O5. The summed E-state index contributed by atoms with van der Waals surface area (Å²) in [6, 6.07) is 5.06. The van der Waals surface area contributed by atoms with Crippen LogP contribution in [0.1, 0.15) is 65.7 Å². The maximum absolute atomic E-state index is 13.2. The lowest BCUT2D eigenvalue weighted by molar-refractivity contribution is 0.00578. The molecule has 0 N–H and O–H groups in total. The number of carbonyl (C=O) groups is 2. The molecule has 9 heteroatoms. The van der Waals surface area contributed by atoms with Crippen LogP contribution in [0.5, 0.6) is 0 Å². The van der Waals surface area contributed by atoms with Crippen molar-refractivity contribution in [2.45, 2.75) is 78.2 Å². The van der Waals surface area contributed by atoms with Crippen LogP contribution in [0.2, 0.25) is 5.02 Å². The van der Waals surface area contributed by atoms with Crippen LogP contribution < -0.4 is 5.46 Å². The fraction of sp³-hybridized carbons (Fsp3) is 0.652. The van der Waals surface area contributed by atoms with Gasteiger partial charge in [-0.25, -0.2) is 4.79 Å². The van der Waals surface area contributed by atoms with Crippen molar-refractivity contribution >= 4 is 36.2 Å². The largest absolute Gasteiger partial charge is 0.496 e. The fourth-order valence-electron chi connectivity index (χ4n) is 3.74. The van der Waals surface area contributed by atoms with Crippen molar-refractivity contribution in [3.05, 3.63) is 28.8 Å². The quantitative estimate of drug-likeness (QED) is 0.624. The van der Waals surface area contributed by atoms with Gasteiger partial charge in [-0.2, -0.15) is 0 Å². The number of hydrogen-bond donors (Lipinski definition) is 0. The Bertz CT molecular complexity index is 883. The molecule has 0 radical (unpaired) electrons. The van der Waals surface area contributed by atoms with E-state index in [0.717, 1.165) is 0 Å². The first-order valence-electron chi connectivity index (χ1n) is 11.1. The molecule has 0 bridgehead atoms. The summed E-state index contributed by atoms with van der Waals surface area (Å²) in [4.78, 5) is 29.0. The van der Waals surface area contributed by atoms with Gasteiger partial charge < -0.3 is 23.8 Å². The first kappa shape index (κ1) is 24.9. The molecule has 2 heterocycles. The van der Waals surface area contributed by atoms with E-state index in [1.54, 1.807) is 28.0 Å². The molecule has 32 heavy (non-hydrogen) atoms. The first-order valence-corrected chi connectivity index (χ1v) is 11.4. The summed E-state index contributed by atoms with van der Waals surface area (Å²) in [7, 11) is -0.590. The van der Waals surface area contributed by atoms with Gasteiger partial charge in [0.15, 0.2) is 0 Å². The second-order valence-electron chi connectivity index (χ2n) is 10.6. The van der Waals surface area contributed by atoms with Crippen molar-refractivity contribution in [2.24, 2.45) is 0 Å². The van der Waals surface area contributed by atoms with Crippen molar-refractivity contribution in [1.82, 2.24) is 9.80 Å². The Morgan fingerprint density at radius 2 is 1.72 bits per heavy atom. The van der Waals surface area contributed by atoms with E-state index in [4.69, 9.17) is 25.6 Å². The zero-order valence-corrected chi connectivity index (χ0v) is 21.1. The van der Waals surface area contributed by atoms with Crippen LogP contribution in [0, 0.1) is 0 Å². The summed E-state index contributed by atoms with van der Waals surface area (Å²) in [5, 5.41) is 0.425. The molecular weight excluding hydrogens is 431 g/mol. The van der Waals surface area contributed by atoms with Gasteiger partial charge in [-0.15, -0.1) is 0 Å². The van der Waals surface area contributed by atoms with Gasteiger partial charge in [0.2, 0.25) is 0 Å². The van der Waals surface area contributed by atoms with Crippen molar-refractivity contribution in [1.29, 1.82) is 0 Å². The minimum atomic E-state index is -0.590. The normalized spacial score (nSPS) is 22.8. The van der Waals surface area contributed by atoms with Crippen LogP contribution >= 0.6 is 11.6 Å². The number of carbonyl (C=O) groups excluding carboxylic acids is 2. The van der Waals surface area contributed by atoms with Gasteiger partial charge in [-0.3, -0.25) is 4.79 Å². The molecule has 7 nitrogen and oxygen atoms in total. The lowest BCUT2D eigenvalue weighted by Gasteiger charge is -2.40. The third-order valence-corrected chi connectivity index (χ3v) is 6.62. The summed E-state index contributed by atoms with van der Waals surface area (Å²) in [6.07, 6.45) is -0.355. The van der Waals surface area contributed by atoms with Crippen molar-refractivity contribution < 1.29 is 23.6 Å². The highest BCUT2D eigenvalue weighted by Gasteiger charge is 2.52. The van der Waals surface area contributed by atoms with Gasteiger partial charge in [-0.1, -0.05) is 17.7 Å². The lowest BCUT2D eigenvalue weighted by atomic mass is 9.78. The number of amides is 2. The smallest absolute Gasteiger partial charge is 0.444 e. The average molecular weight is 465 g/mol. The standard InChI is InChI=1S/C23H34BClN2O5/c1-15-14-26(20(29)30-21(2,3)4)11-12-27(15)19(28)16-9-10-17(18(25)13-16)24-31-22(5,6)23(7,8)32-24/h9-10,13,15H,11-12,14H2,1-8H3/t15-/m0/s1. The Labute approximate surface area is 196 Å². The SMILES string of the molecule is C[C@H]1CN(C(=O)OC(C)(C)C)CCN1C(=O)c1ccc(B2OC(C)(C)C(C)(C)O2)c(Cl)c1. The maximum Gasteiger partial charge on any atom is 0.496 e. The molecule has 1 aromatic carbocycles. The summed E-state index contributed by atoms with van der Waals surface area (Å²) in [5.41, 5.74) is -0.307.